The van der Waals surface area contributed by atoms with Gasteiger partial charge < -0.3 is 10.6 Å². The molecule has 0 aliphatic carbocycles. The average molecular weight is 418 g/mol. The lowest BCUT2D eigenvalue weighted by Crippen LogP contribution is -2.13. The Morgan fingerprint density at radius 2 is 1.78 bits per heavy atom. The van der Waals surface area contributed by atoms with Gasteiger partial charge in [0.2, 0.25) is 11.8 Å². The number of aromatic nitrogens is 1. The van der Waals surface area contributed by atoms with Gasteiger partial charge in [0.1, 0.15) is 0 Å². The predicted molar refractivity (Wildman–Crippen MR) is 113 cm³/mol. The van der Waals surface area contributed by atoms with Crippen LogP contribution in [0.3, 0.4) is 0 Å². The number of carbonyl (C=O) groups excluding carboxylic acids is 2. The summed E-state index contributed by atoms with van der Waals surface area (Å²) in [4.78, 5) is 28.6. The highest BCUT2D eigenvalue weighted by Gasteiger charge is 2.09. The van der Waals surface area contributed by atoms with Gasteiger partial charge in [-0.3, -0.25) is 9.59 Å². The molecule has 3 aromatic rings. The molecule has 5 nitrogen and oxygen atoms in total. The van der Waals surface area contributed by atoms with Crippen molar-refractivity contribution in [1.82, 2.24) is 4.98 Å². The van der Waals surface area contributed by atoms with Crippen LogP contribution < -0.4 is 10.6 Å². The number of hydrogen-bond donors (Lipinski definition) is 2. The summed E-state index contributed by atoms with van der Waals surface area (Å²) in [6.45, 7) is 1.47. The highest BCUT2D eigenvalue weighted by atomic mass is 35.5. The van der Waals surface area contributed by atoms with E-state index < -0.39 is 0 Å². The van der Waals surface area contributed by atoms with Crippen molar-refractivity contribution in [2.24, 2.45) is 0 Å². The number of thioether (sulfide) groups is 1. The van der Waals surface area contributed by atoms with Crippen molar-refractivity contribution in [3.63, 3.8) is 0 Å². The van der Waals surface area contributed by atoms with E-state index in [2.05, 4.69) is 15.6 Å². The van der Waals surface area contributed by atoms with Gasteiger partial charge in [0.05, 0.1) is 11.4 Å². The molecule has 3 rings (SSSR count). The predicted octanol–water partition coefficient (Wildman–Crippen LogP) is 5.15. The molecule has 1 heterocycles. The van der Waals surface area contributed by atoms with Crippen molar-refractivity contribution in [2.75, 3.05) is 16.4 Å². The largest absolute Gasteiger partial charge is 0.326 e. The van der Waals surface area contributed by atoms with E-state index in [0.29, 0.717) is 15.9 Å². The summed E-state index contributed by atoms with van der Waals surface area (Å²) in [6, 6.07) is 14.7. The van der Waals surface area contributed by atoms with E-state index in [1.165, 1.54) is 30.0 Å². The molecular formula is C19H16ClN3O2S2. The van der Waals surface area contributed by atoms with Crippen LogP contribution in [-0.2, 0) is 9.59 Å². The van der Waals surface area contributed by atoms with Crippen LogP contribution in [0.2, 0.25) is 5.02 Å². The fourth-order valence-electron chi connectivity index (χ4n) is 2.23. The molecular weight excluding hydrogens is 402 g/mol. The minimum Gasteiger partial charge on any atom is -0.326 e. The summed E-state index contributed by atoms with van der Waals surface area (Å²) >= 11 is 8.66. The van der Waals surface area contributed by atoms with Crippen molar-refractivity contribution in [3.8, 4) is 11.3 Å². The van der Waals surface area contributed by atoms with Gasteiger partial charge in [-0.25, -0.2) is 4.98 Å². The first-order valence-electron chi connectivity index (χ1n) is 8.01. The number of amides is 2. The molecule has 0 aliphatic heterocycles. The fourth-order valence-corrected chi connectivity index (χ4v) is 3.79. The molecule has 27 heavy (non-hydrogen) atoms. The van der Waals surface area contributed by atoms with E-state index in [1.54, 1.807) is 12.1 Å². The zero-order chi connectivity index (χ0) is 19.2. The van der Waals surface area contributed by atoms with Gasteiger partial charge in [-0.05, 0) is 36.4 Å². The summed E-state index contributed by atoms with van der Waals surface area (Å²) in [5.74, 6) is 0.0665. The van der Waals surface area contributed by atoms with Crippen LogP contribution in [-0.4, -0.2) is 22.6 Å². The molecule has 138 valence electrons. The van der Waals surface area contributed by atoms with Crippen molar-refractivity contribution >= 4 is 57.3 Å². The number of halogens is 1. The molecule has 0 radical (unpaired) electrons. The third-order valence-electron chi connectivity index (χ3n) is 3.44. The Bertz CT molecular complexity index is 940. The molecule has 0 atom stereocenters. The highest BCUT2D eigenvalue weighted by molar-refractivity contribution is 8.00. The zero-order valence-electron chi connectivity index (χ0n) is 14.4. The summed E-state index contributed by atoms with van der Waals surface area (Å²) in [5.41, 5.74) is 2.42. The van der Waals surface area contributed by atoms with Crippen LogP contribution in [0, 0.1) is 0 Å². The topological polar surface area (TPSA) is 71.1 Å². The molecule has 0 saturated heterocycles. The van der Waals surface area contributed by atoms with Crippen molar-refractivity contribution in [2.45, 2.75) is 11.8 Å². The molecule has 0 aliphatic rings. The first-order valence-corrected chi connectivity index (χ1v) is 10.3. The molecule has 0 saturated carbocycles. The summed E-state index contributed by atoms with van der Waals surface area (Å²) in [7, 11) is 0. The molecule has 8 heteroatoms. The molecule has 0 bridgehead atoms. The standard InChI is InChI=1S/C19H16ClN3O2S2/c1-12(24)21-15-6-2-13(3-7-15)17-10-27-19(22-17)23-18(25)11-26-16-8-4-14(20)5-9-16/h2-10H,11H2,1H3,(H,21,24)(H,22,23,25). The molecule has 2 aromatic carbocycles. The monoisotopic (exact) mass is 417 g/mol. The van der Waals surface area contributed by atoms with Crippen LogP contribution in [0.4, 0.5) is 10.8 Å². The molecule has 1 aromatic heterocycles. The first kappa shape index (κ1) is 19.4. The highest BCUT2D eigenvalue weighted by Crippen LogP contribution is 2.26. The second kappa shape index (κ2) is 9.03. The van der Waals surface area contributed by atoms with Crippen LogP contribution in [0.1, 0.15) is 6.92 Å². The van der Waals surface area contributed by atoms with E-state index in [0.717, 1.165) is 21.8 Å². The second-order valence-electron chi connectivity index (χ2n) is 5.59. The first-order chi connectivity index (χ1) is 13.0. The van der Waals surface area contributed by atoms with Gasteiger partial charge in [-0.1, -0.05) is 23.7 Å². The Hall–Kier alpha value is -2.35. The van der Waals surface area contributed by atoms with Crippen LogP contribution >= 0.6 is 34.7 Å². The molecule has 0 spiro atoms. The molecule has 0 fully saturated rings. The maximum absolute atomic E-state index is 12.1. The number of hydrogen-bond acceptors (Lipinski definition) is 5. The van der Waals surface area contributed by atoms with E-state index in [9.17, 15) is 9.59 Å². The zero-order valence-corrected chi connectivity index (χ0v) is 16.8. The van der Waals surface area contributed by atoms with Crippen molar-refractivity contribution < 1.29 is 9.59 Å². The number of anilines is 2. The van der Waals surface area contributed by atoms with Gasteiger partial charge in [0.15, 0.2) is 5.13 Å². The lowest BCUT2D eigenvalue weighted by Gasteiger charge is -2.03. The summed E-state index contributed by atoms with van der Waals surface area (Å²) in [5, 5.41) is 8.65. The minimum atomic E-state index is -0.114. The SMILES string of the molecule is CC(=O)Nc1ccc(-c2csc(NC(=O)CSc3ccc(Cl)cc3)n2)cc1. The average Bonchev–Trinajstić information content (AvgIpc) is 3.10. The van der Waals surface area contributed by atoms with Gasteiger partial charge in [0.25, 0.3) is 0 Å². The number of benzene rings is 2. The summed E-state index contributed by atoms with van der Waals surface area (Å²) < 4.78 is 0. The molecule has 2 N–H and O–H groups in total. The third-order valence-corrected chi connectivity index (χ3v) is 5.46. The quantitative estimate of drug-likeness (QED) is 0.544. The van der Waals surface area contributed by atoms with E-state index >= 15 is 0 Å². The van der Waals surface area contributed by atoms with Gasteiger partial charge >= 0.3 is 0 Å². The van der Waals surface area contributed by atoms with Crippen LogP contribution in [0.15, 0.2) is 58.8 Å². The number of nitrogens with one attached hydrogen (secondary N) is 2. The number of thiazole rings is 1. The lowest BCUT2D eigenvalue weighted by atomic mass is 10.1. The van der Waals surface area contributed by atoms with Gasteiger partial charge in [0, 0.05) is 33.5 Å². The smallest absolute Gasteiger partial charge is 0.236 e. The lowest BCUT2D eigenvalue weighted by molar-refractivity contribution is -0.114. The molecule has 0 unspecified atom stereocenters. The normalized spacial score (nSPS) is 10.4. The third kappa shape index (κ3) is 5.82. The van der Waals surface area contributed by atoms with Crippen LogP contribution in [0.25, 0.3) is 11.3 Å². The maximum atomic E-state index is 12.1. The fraction of sp³-hybridized carbons (Fsp3) is 0.105. The van der Waals surface area contributed by atoms with Gasteiger partial charge in [-0.2, -0.15) is 0 Å². The Balaban J connectivity index is 1.56. The van der Waals surface area contributed by atoms with E-state index in [4.69, 9.17) is 11.6 Å². The minimum absolute atomic E-state index is 0.113. The number of rotatable bonds is 6. The van der Waals surface area contributed by atoms with E-state index in [-0.39, 0.29) is 11.8 Å². The van der Waals surface area contributed by atoms with Gasteiger partial charge in [-0.15, -0.1) is 23.1 Å². The Morgan fingerprint density at radius 1 is 1.07 bits per heavy atom. The second-order valence-corrected chi connectivity index (χ2v) is 7.93. The Labute approximate surface area is 170 Å². The van der Waals surface area contributed by atoms with Crippen molar-refractivity contribution in [1.29, 1.82) is 0 Å². The molecule has 2 amide bonds. The number of carbonyl (C=O) groups is 2. The summed E-state index contributed by atoms with van der Waals surface area (Å²) in [6.07, 6.45) is 0. The Morgan fingerprint density at radius 3 is 2.44 bits per heavy atom. The van der Waals surface area contributed by atoms with Crippen molar-refractivity contribution in [3.05, 3.63) is 58.9 Å². The maximum Gasteiger partial charge on any atom is 0.236 e. The number of nitrogens with zero attached hydrogens (tertiary/aromatic N) is 1. The Kier molecular flexibility index (Phi) is 6.49. The van der Waals surface area contributed by atoms with Crippen LogP contribution in [0.5, 0.6) is 0 Å². The van der Waals surface area contributed by atoms with E-state index in [1.807, 2.05) is 41.8 Å².